The van der Waals surface area contributed by atoms with Gasteiger partial charge >= 0.3 is 6.11 Å². The molecule has 0 bridgehead atoms. The van der Waals surface area contributed by atoms with Crippen molar-refractivity contribution in [1.29, 1.82) is 0 Å². The van der Waals surface area contributed by atoms with Crippen LogP contribution in [0.3, 0.4) is 0 Å². The molecule has 0 aliphatic heterocycles. The van der Waals surface area contributed by atoms with Gasteiger partial charge in [-0.25, -0.2) is 30.7 Å². The highest BCUT2D eigenvalue weighted by molar-refractivity contribution is 5.73. The van der Waals surface area contributed by atoms with E-state index >= 15 is 0 Å². The second-order valence-electron chi connectivity index (χ2n) is 6.53. The van der Waals surface area contributed by atoms with Crippen molar-refractivity contribution in [2.45, 2.75) is 19.5 Å². The zero-order valence-electron chi connectivity index (χ0n) is 15.8. The predicted molar refractivity (Wildman–Crippen MR) is 92.1 cm³/mol. The van der Waals surface area contributed by atoms with Gasteiger partial charge in [0.1, 0.15) is 28.8 Å². The van der Waals surface area contributed by atoms with Crippen LogP contribution in [0.2, 0.25) is 0 Å². The van der Waals surface area contributed by atoms with Gasteiger partial charge in [0, 0.05) is 18.2 Å². The van der Waals surface area contributed by atoms with Gasteiger partial charge in [0.25, 0.3) is 0 Å². The number of hydrogen-bond acceptors (Lipinski definition) is 1. The van der Waals surface area contributed by atoms with E-state index in [9.17, 15) is 44.6 Å². The van der Waals surface area contributed by atoms with E-state index in [4.69, 9.17) is 0 Å². The van der Waals surface area contributed by atoms with Gasteiger partial charge in [-0.05, 0) is 24.1 Å². The molecule has 0 saturated heterocycles. The van der Waals surface area contributed by atoms with E-state index in [1.54, 1.807) is 0 Å². The van der Waals surface area contributed by atoms with Gasteiger partial charge in [-0.3, -0.25) is 5.11 Å². The molecule has 3 aromatic carbocycles. The van der Waals surface area contributed by atoms with Gasteiger partial charge < -0.3 is 4.74 Å². The topological polar surface area (TPSA) is 29.1 Å². The Balaban J connectivity index is 2.19. The lowest BCUT2D eigenvalue weighted by Crippen LogP contribution is -2.26. The predicted octanol–water partition coefficient (Wildman–Crippen LogP) is 7.16. The number of halogens is 9. The molecule has 0 aromatic heterocycles. The molecule has 0 spiro atoms. The zero-order valence-corrected chi connectivity index (χ0v) is 15.8. The van der Waals surface area contributed by atoms with Gasteiger partial charge in [0.05, 0.1) is 11.1 Å². The summed E-state index contributed by atoms with van der Waals surface area (Å²) in [5.74, 6) is -16.4. The van der Waals surface area contributed by atoms with E-state index in [0.717, 1.165) is 12.1 Å². The van der Waals surface area contributed by atoms with Crippen LogP contribution in [-0.4, -0.2) is 0 Å². The highest BCUT2D eigenvalue weighted by Crippen LogP contribution is 2.44. The molecule has 32 heavy (non-hydrogen) atoms. The summed E-state index contributed by atoms with van der Waals surface area (Å²) in [5.41, 5.74) is -5.01. The molecular weight excluding hydrogens is 455 g/mol. The minimum atomic E-state index is -5.04. The quantitative estimate of drug-likeness (QED) is 0.290. The molecule has 2 nitrogen and oxygen atoms in total. The molecule has 0 saturated carbocycles. The Labute approximate surface area is 174 Å². The molecule has 1 radical (unpaired) electrons. The molecule has 0 fully saturated rings. The summed E-state index contributed by atoms with van der Waals surface area (Å²) < 4.78 is 130. The van der Waals surface area contributed by atoms with Gasteiger partial charge in [-0.15, -0.1) is 0 Å². The normalized spacial score (nSPS) is 11.7. The number of aryl methyl sites for hydroxylation is 1. The Hall–Kier alpha value is -3.37. The molecule has 0 unspecified atom stereocenters. The van der Waals surface area contributed by atoms with Crippen molar-refractivity contribution in [2.24, 2.45) is 0 Å². The Bertz CT molecular complexity index is 1160. The standard InChI is InChI=1S/C21H10F9O2/c1-2-8-3-10(22)16(11(23)4-8)17-15(31)7-12(24)18(20(17)28)21(29,30)32-9-5-13(25)19(27)14(26)6-9/h3-7H,2H2,1H3. The first-order chi connectivity index (χ1) is 14.9. The van der Waals surface area contributed by atoms with Crippen LogP contribution >= 0.6 is 0 Å². The monoisotopic (exact) mass is 465 g/mol. The molecule has 3 rings (SSSR count). The maximum Gasteiger partial charge on any atom is 0.432 e. The highest BCUT2D eigenvalue weighted by atomic mass is 19.3. The summed E-state index contributed by atoms with van der Waals surface area (Å²) >= 11 is 0. The van der Waals surface area contributed by atoms with E-state index < -0.39 is 75.0 Å². The number of hydrogen-bond donors (Lipinski definition) is 0. The van der Waals surface area contributed by atoms with Gasteiger partial charge in [0.15, 0.2) is 29.0 Å². The second kappa shape index (κ2) is 8.29. The minimum absolute atomic E-state index is 0.0200. The average molecular weight is 465 g/mol. The van der Waals surface area contributed by atoms with E-state index in [1.165, 1.54) is 6.92 Å². The van der Waals surface area contributed by atoms with Crippen LogP contribution in [0.5, 0.6) is 11.5 Å². The molecule has 0 heterocycles. The highest BCUT2D eigenvalue weighted by Gasteiger charge is 2.44. The van der Waals surface area contributed by atoms with Crippen LogP contribution in [0.15, 0.2) is 30.3 Å². The maximum atomic E-state index is 14.9. The van der Waals surface area contributed by atoms with Crippen LogP contribution in [0, 0.1) is 40.7 Å². The Morgan fingerprint density at radius 1 is 0.719 bits per heavy atom. The Morgan fingerprint density at radius 2 is 1.25 bits per heavy atom. The van der Waals surface area contributed by atoms with Gasteiger partial charge in [0.2, 0.25) is 0 Å². The van der Waals surface area contributed by atoms with Crippen LogP contribution in [0.1, 0.15) is 18.1 Å². The lowest BCUT2D eigenvalue weighted by molar-refractivity contribution is -0.189. The van der Waals surface area contributed by atoms with Gasteiger partial charge in [-0.1, -0.05) is 6.92 Å². The SMILES string of the molecule is CCc1cc(F)c(-c2c([O])cc(F)c(C(F)(F)Oc3cc(F)c(F)c(F)c3)c2F)c(F)c1. The number of ether oxygens (including phenoxy) is 1. The Kier molecular flexibility index (Phi) is 6.03. The number of benzene rings is 3. The maximum absolute atomic E-state index is 14.9. The van der Waals surface area contributed by atoms with Crippen LogP contribution in [0.4, 0.5) is 39.5 Å². The van der Waals surface area contributed by atoms with Crippen molar-refractivity contribution in [3.05, 3.63) is 82.2 Å². The third-order valence-electron chi connectivity index (χ3n) is 4.44. The summed E-state index contributed by atoms with van der Waals surface area (Å²) in [6.07, 6.45) is -4.89. The zero-order chi connectivity index (χ0) is 24.0. The van der Waals surface area contributed by atoms with Crippen molar-refractivity contribution in [3.8, 4) is 22.6 Å². The summed E-state index contributed by atoms with van der Waals surface area (Å²) in [5, 5.41) is 12.0. The average Bonchev–Trinajstić information content (AvgIpc) is 2.66. The second-order valence-corrected chi connectivity index (χ2v) is 6.53. The molecule has 11 heteroatoms. The van der Waals surface area contributed by atoms with E-state index in [0.29, 0.717) is 0 Å². The molecule has 0 N–H and O–H groups in total. The molecule has 0 amide bonds. The van der Waals surface area contributed by atoms with Crippen molar-refractivity contribution >= 4 is 0 Å². The van der Waals surface area contributed by atoms with Crippen LogP contribution in [-0.2, 0) is 17.6 Å². The van der Waals surface area contributed by atoms with E-state index in [2.05, 4.69) is 4.74 Å². The third-order valence-corrected chi connectivity index (χ3v) is 4.44. The molecule has 0 aliphatic carbocycles. The summed E-state index contributed by atoms with van der Waals surface area (Å²) in [7, 11) is 0. The lowest BCUT2D eigenvalue weighted by atomic mass is 9.97. The largest absolute Gasteiger partial charge is 0.432 e. The molecular formula is C21H10F9O2. The van der Waals surface area contributed by atoms with Gasteiger partial charge in [-0.2, -0.15) is 8.78 Å². The fourth-order valence-electron chi connectivity index (χ4n) is 2.96. The first-order valence-electron chi connectivity index (χ1n) is 8.76. The smallest absolute Gasteiger partial charge is 0.429 e. The fraction of sp³-hybridized carbons (Fsp3) is 0.143. The third kappa shape index (κ3) is 4.06. The summed E-state index contributed by atoms with van der Waals surface area (Å²) in [6.45, 7) is 1.53. The van der Waals surface area contributed by atoms with Crippen molar-refractivity contribution < 1.29 is 49.4 Å². The number of rotatable bonds is 5. The van der Waals surface area contributed by atoms with Crippen molar-refractivity contribution in [3.63, 3.8) is 0 Å². The fourth-order valence-corrected chi connectivity index (χ4v) is 2.96. The van der Waals surface area contributed by atoms with Crippen molar-refractivity contribution in [2.75, 3.05) is 0 Å². The lowest BCUT2D eigenvalue weighted by Gasteiger charge is -2.21. The first kappa shape index (κ1) is 23.3. The van der Waals surface area contributed by atoms with Crippen LogP contribution in [0.25, 0.3) is 11.1 Å². The first-order valence-corrected chi connectivity index (χ1v) is 8.76. The van der Waals surface area contributed by atoms with E-state index in [-0.39, 0.29) is 30.2 Å². The molecule has 0 atom stereocenters. The minimum Gasteiger partial charge on any atom is -0.429 e. The number of alkyl halides is 2. The van der Waals surface area contributed by atoms with Crippen LogP contribution < -0.4 is 4.74 Å². The molecule has 0 aliphatic rings. The summed E-state index contributed by atoms with van der Waals surface area (Å²) in [4.78, 5) is 0. The van der Waals surface area contributed by atoms with Crippen molar-refractivity contribution in [1.82, 2.24) is 0 Å². The Morgan fingerprint density at radius 3 is 1.75 bits per heavy atom. The summed E-state index contributed by atoms with van der Waals surface area (Å²) in [6, 6.07) is 1.28. The van der Waals surface area contributed by atoms with E-state index in [1.807, 2.05) is 0 Å². The molecule has 3 aromatic rings. The molecule has 169 valence electrons.